The summed E-state index contributed by atoms with van der Waals surface area (Å²) >= 11 is 2.98. The molecule has 1 aromatic carbocycles. The third kappa shape index (κ3) is 6.75. The van der Waals surface area contributed by atoms with Gasteiger partial charge in [0.2, 0.25) is 0 Å². The SMILES string of the molecule is CC(C)(C)OC(=O)NCCCOc1c(F)cc(Br)cc1F. The molecule has 0 unspecified atom stereocenters. The van der Waals surface area contributed by atoms with Crippen molar-refractivity contribution in [3.63, 3.8) is 0 Å². The normalized spacial score (nSPS) is 11.1. The average molecular weight is 366 g/mol. The molecule has 0 fully saturated rings. The van der Waals surface area contributed by atoms with Crippen molar-refractivity contribution in [2.45, 2.75) is 32.8 Å². The first-order chi connectivity index (χ1) is 9.69. The monoisotopic (exact) mass is 365 g/mol. The van der Waals surface area contributed by atoms with Crippen molar-refractivity contribution < 1.29 is 23.0 Å². The summed E-state index contributed by atoms with van der Waals surface area (Å²) in [6.07, 6.45) is -0.141. The molecule has 0 saturated heterocycles. The van der Waals surface area contributed by atoms with Crippen LogP contribution in [0.15, 0.2) is 16.6 Å². The molecule has 118 valence electrons. The molecule has 0 aliphatic rings. The van der Waals surface area contributed by atoms with E-state index < -0.39 is 29.1 Å². The number of alkyl carbamates (subject to hydrolysis) is 1. The van der Waals surface area contributed by atoms with Crippen molar-refractivity contribution in [3.05, 3.63) is 28.2 Å². The molecule has 1 rings (SSSR count). The Morgan fingerprint density at radius 1 is 1.29 bits per heavy atom. The average Bonchev–Trinajstić information content (AvgIpc) is 2.29. The molecule has 0 spiro atoms. The second-order valence-corrected chi connectivity index (χ2v) is 6.24. The second kappa shape index (κ2) is 7.59. The van der Waals surface area contributed by atoms with Gasteiger partial charge in [-0.2, -0.15) is 0 Å². The molecule has 1 N–H and O–H groups in total. The highest BCUT2D eigenvalue weighted by Gasteiger charge is 2.15. The Morgan fingerprint density at radius 3 is 2.38 bits per heavy atom. The quantitative estimate of drug-likeness (QED) is 0.801. The van der Waals surface area contributed by atoms with Gasteiger partial charge in [0.05, 0.1) is 6.61 Å². The summed E-state index contributed by atoms with van der Waals surface area (Å²) in [6.45, 7) is 5.64. The molecule has 0 saturated carbocycles. The van der Waals surface area contributed by atoms with Crippen LogP contribution >= 0.6 is 15.9 Å². The summed E-state index contributed by atoms with van der Waals surface area (Å²) in [7, 11) is 0. The zero-order valence-corrected chi connectivity index (χ0v) is 13.7. The Balaban J connectivity index is 2.31. The minimum absolute atomic E-state index is 0.0747. The Labute approximate surface area is 130 Å². The number of rotatable bonds is 5. The van der Waals surface area contributed by atoms with E-state index in [2.05, 4.69) is 21.2 Å². The zero-order valence-electron chi connectivity index (χ0n) is 12.1. The first-order valence-corrected chi connectivity index (χ1v) is 7.22. The van der Waals surface area contributed by atoms with Crippen LogP contribution in [0, 0.1) is 11.6 Å². The van der Waals surface area contributed by atoms with Crippen molar-refractivity contribution in [2.24, 2.45) is 0 Å². The van der Waals surface area contributed by atoms with Crippen LogP contribution < -0.4 is 10.1 Å². The van der Waals surface area contributed by atoms with Gasteiger partial charge in [-0.05, 0) is 39.3 Å². The summed E-state index contributed by atoms with van der Waals surface area (Å²) in [5.74, 6) is -1.97. The lowest BCUT2D eigenvalue weighted by atomic mass is 10.2. The van der Waals surface area contributed by atoms with E-state index in [-0.39, 0.29) is 13.2 Å². The lowest BCUT2D eigenvalue weighted by Crippen LogP contribution is -2.33. The summed E-state index contributed by atoms with van der Waals surface area (Å²) in [5, 5.41) is 2.53. The van der Waals surface area contributed by atoms with E-state index in [1.54, 1.807) is 20.8 Å². The maximum atomic E-state index is 13.4. The van der Waals surface area contributed by atoms with Crippen molar-refractivity contribution >= 4 is 22.0 Å². The molecular formula is C14H18BrF2NO3. The molecule has 1 aromatic rings. The highest BCUT2D eigenvalue weighted by atomic mass is 79.9. The van der Waals surface area contributed by atoms with Crippen molar-refractivity contribution in [1.29, 1.82) is 0 Å². The molecule has 21 heavy (non-hydrogen) atoms. The van der Waals surface area contributed by atoms with Gasteiger partial charge in [-0.15, -0.1) is 0 Å². The molecule has 4 nitrogen and oxygen atoms in total. The summed E-state index contributed by atoms with van der Waals surface area (Å²) in [5.41, 5.74) is -0.565. The Morgan fingerprint density at radius 2 is 1.86 bits per heavy atom. The van der Waals surface area contributed by atoms with Gasteiger partial charge < -0.3 is 14.8 Å². The molecule has 0 heterocycles. The molecular weight excluding hydrogens is 348 g/mol. The number of carbonyl (C=O) groups is 1. The maximum Gasteiger partial charge on any atom is 0.407 e. The van der Waals surface area contributed by atoms with Crippen molar-refractivity contribution in [2.75, 3.05) is 13.2 Å². The van der Waals surface area contributed by atoms with Gasteiger partial charge in [-0.1, -0.05) is 15.9 Å². The van der Waals surface area contributed by atoms with E-state index in [0.717, 1.165) is 12.1 Å². The zero-order chi connectivity index (χ0) is 16.0. The Bertz CT molecular complexity index is 480. The van der Waals surface area contributed by atoms with Crippen LogP contribution in [-0.4, -0.2) is 24.8 Å². The van der Waals surface area contributed by atoms with E-state index in [9.17, 15) is 13.6 Å². The fourth-order valence-electron chi connectivity index (χ4n) is 1.42. The number of nitrogens with one attached hydrogen (secondary N) is 1. The summed E-state index contributed by atoms with van der Waals surface area (Å²) < 4.78 is 37.3. The Kier molecular flexibility index (Phi) is 6.39. The number of amides is 1. The smallest absolute Gasteiger partial charge is 0.407 e. The molecule has 0 aliphatic carbocycles. The molecule has 0 bridgehead atoms. The van der Waals surface area contributed by atoms with Gasteiger partial charge >= 0.3 is 6.09 Å². The largest absolute Gasteiger partial charge is 0.488 e. The van der Waals surface area contributed by atoms with Crippen molar-refractivity contribution in [1.82, 2.24) is 5.32 Å². The third-order valence-corrected chi connectivity index (χ3v) is 2.66. The van der Waals surface area contributed by atoms with Gasteiger partial charge in [0.15, 0.2) is 17.4 Å². The highest BCUT2D eigenvalue weighted by molar-refractivity contribution is 9.10. The molecule has 0 atom stereocenters. The maximum absolute atomic E-state index is 13.4. The number of hydrogen-bond acceptors (Lipinski definition) is 3. The van der Waals surface area contributed by atoms with Crippen LogP contribution in [-0.2, 0) is 4.74 Å². The van der Waals surface area contributed by atoms with E-state index in [4.69, 9.17) is 9.47 Å². The standard InChI is InChI=1S/C14H18BrF2NO3/c1-14(2,3)21-13(19)18-5-4-6-20-12-10(16)7-9(15)8-11(12)17/h7-8H,4-6H2,1-3H3,(H,18,19). The van der Waals surface area contributed by atoms with E-state index >= 15 is 0 Å². The van der Waals surface area contributed by atoms with E-state index in [1.165, 1.54) is 0 Å². The van der Waals surface area contributed by atoms with Gasteiger partial charge in [0.1, 0.15) is 5.60 Å². The van der Waals surface area contributed by atoms with Gasteiger partial charge in [-0.25, -0.2) is 13.6 Å². The molecule has 0 aromatic heterocycles. The van der Waals surface area contributed by atoms with Crippen LogP contribution in [0.2, 0.25) is 0 Å². The minimum Gasteiger partial charge on any atom is -0.488 e. The predicted molar refractivity (Wildman–Crippen MR) is 78.4 cm³/mol. The fraction of sp³-hybridized carbons (Fsp3) is 0.500. The lowest BCUT2D eigenvalue weighted by Gasteiger charge is -2.19. The van der Waals surface area contributed by atoms with Gasteiger partial charge in [-0.3, -0.25) is 0 Å². The summed E-state index contributed by atoms with van der Waals surface area (Å²) in [4.78, 5) is 11.3. The first-order valence-electron chi connectivity index (χ1n) is 6.43. The summed E-state index contributed by atoms with van der Waals surface area (Å²) in [6, 6.07) is 2.24. The van der Waals surface area contributed by atoms with Gasteiger partial charge in [0, 0.05) is 11.0 Å². The second-order valence-electron chi connectivity index (χ2n) is 5.33. The molecule has 7 heteroatoms. The van der Waals surface area contributed by atoms with Crippen LogP contribution in [0.3, 0.4) is 0 Å². The molecule has 0 radical (unpaired) electrons. The van der Waals surface area contributed by atoms with E-state index in [0.29, 0.717) is 10.9 Å². The van der Waals surface area contributed by atoms with Crippen LogP contribution in [0.1, 0.15) is 27.2 Å². The molecule has 1 amide bonds. The van der Waals surface area contributed by atoms with E-state index in [1.807, 2.05) is 0 Å². The predicted octanol–water partition coefficient (Wildman–Crippen LogP) is 4.02. The van der Waals surface area contributed by atoms with Crippen LogP contribution in [0.5, 0.6) is 5.75 Å². The minimum atomic E-state index is -0.776. The number of hydrogen-bond donors (Lipinski definition) is 1. The number of benzene rings is 1. The highest BCUT2D eigenvalue weighted by Crippen LogP contribution is 2.25. The fourth-order valence-corrected chi connectivity index (χ4v) is 1.82. The lowest BCUT2D eigenvalue weighted by molar-refractivity contribution is 0.0525. The molecule has 0 aliphatic heterocycles. The third-order valence-electron chi connectivity index (χ3n) is 2.20. The number of carbonyl (C=O) groups excluding carboxylic acids is 1. The van der Waals surface area contributed by atoms with Crippen LogP contribution in [0.4, 0.5) is 13.6 Å². The Hall–Kier alpha value is -1.37. The van der Waals surface area contributed by atoms with Crippen LogP contribution in [0.25, 0.3) is 0 Å². The van der Waals surface area contributed by atoms with Crippen molar-refractivity contribution in [3.8, 4) is 5.75 Å². The first kappa shape index (κ1) is 17.7. The topological polar surface area (TPSA) is 47.6 Å². The number of ether oxygens (including phenoxy) is 2. The number of halogens is 3. The van der Waals surface area contributed by atoms with Gasteiger partial charge in [0.25, 0.3) is 0 Å².